The number of hydrogen-bond donors (Lipinski definition) is 1. The van der Waals surface area contributed by atoms with Gasteiger partial charge in [0.05, 0.1) is 6.54 Å². The molecule has 1 aromatic carbocycles. The summed E-state index contributed by atoms with van der Waals surface area (Å²) < 4.78 is 26.4. The quantitative estimate of drug-likeness (QED) is 0.613. The second-order valence-corrected chi connectivity index (χ2v) is 8.35. The van der Waals surface area contributed by atoms with Gasteiger partial charge in [-0.3, -0.25) is 13.9 Å². The number of phenols is 1. The largest absolute Gasteiger partial charge is 0.508 e. The van der Waals surface area contributed by atoms with Crippen molar-refractivity contribution in [2.75, 3.05) is 6.26 Å². The van der Waals surface area contributed by atoms with Crippen molar-refractivity contribution in [3.05, 3.63) is 61.9 Å². The van der Waals surface area contributed by atoms with Gasteiger partial charge < -0.3 is 9.67 Å². The van der Waals surface area contributed by atoms with Crippen LogP contribution in [-0.4, -0.2) is 38.5 Å². The second kappa shape index (κ2) is 7.44. The first-order valence-corrected chi connectivity index (χ1v) is 10.4. The minimum absolute atomic E-state index is 0.0502. The standard InChI is InChI=1S/C19H18N4O5S/c1-21-15(9-11-29(3,27)28)20-17-16(21)18(25)22(2)19(26)23(17)10-5-7-13-6-4-8-14(24)12-13/h4,6,8-9,11-12,24H,10H2,1-3H3/b11-9+. The predicted octanol–water partition coefficient (Wildman–Crippen LogP) is 0.206. The second-order valence-electron chi connectivity index (χ2n) is 6.42. The number of fused-ring (bicyclic) bond motifs is 1. The molecule has 150 valence electrons. The average Bonchev–Trinajstić information content (AvgIpc) is 2.97. The molecule has 0 aliphatic carbocycles. The topological polar surface area (TPSA) is 116 Å². The van der Waals surface area contributed by atoms with E-state index in [1.54, 1.807) is 19.2 Å². The normalized spacial score (nSPS) is 11.7. The van der Waals surface area contributed by atoms with Crippen molar-refractivity contribution >= 4 is 27.1 Å². The molecule has 29 heavy (non-hydrogen) atoms. The fourth-order valence-corrected chi connectivity index (χ4v) is 3.09. The van der Waals surface area contributed by atoms with Crippen molar-refractivity contribution in [2.45, 2.75) is 6.54 Å². The first kappa shape index (κ1) is 20.2. The number of rotatable bonds is 3. The Labute approximate surface area is 166 Å². The molecule has 2 heterocycles. The van der Waals surface area contributed by atoms with E-state index in [0.29, 0.717) is 5.56 Å². The van der Waals surface area contributed by atoms with Crippen molar-refractivity contribution in [3.63, 3.8) is 0 Å². The van der Waals surface area contributed by atoms with Crippen LogP contribution in [0.15, 0.2) is 39.3 Å². The Morgan fingerprint density at radius 1 is 1.21 bits per heavy atom. The minimum atomic E-state index is -3.39. The van der Waals surface area contributed by atoms with Crippen molar-refractivity contribution in [1.82, 2.24) is 18.7 Å². The maximum absolute atomic E-state index is 12.6. The van der Waals surface area contributed by atoms with Crippen LogP contribution in [0.4, 0.5) is 0 Å². The van der Waals surface area contributed by atoms with E-state index in [0.717, 1.165) is 16.2 Å². The number of phenolic OH excluding ortho intramolecular Hbond substituents is 1. The first-order valence-electron chi connectivity index (χ1n) is 8.41. The number of aromatic nitrogens is 4. The molecule has 1 N–H and O–H groups in total. The van der Waals surface area contributed by atoms with Crippen LogP contribution in [0.25, 0.3) is 17.2 Å². The van der Waals surface area contributed by atoms with Gasteiger partial charge in [-0.1, -0.05) is 17.9 Å². The lowest BCUT2D eigenvalue weighted by Gasteiger charge is -2.05. The lowest BCUT2D eigenvalue weighted by atomic mass is 10.2. The summed E-state index contributed by atoms with van der Waals surface area (Å²) in [6.07, 6.45) is 2.31. The fourth-order valence-electron chi connectivity index (χ4n) is 2.73. The molecule has 0 radical (unpaired) electrons. The van der Waals surface area contributed by atoms with Gasteiger partial charge in [0.1, 0.15) is 11.6 Å². The van der Waals surface area contributed by atoms with E-state index >= 15 is 0 Å². The van der Waals surface area contributed by atoms with E-state index in [2.05, 4.69) is 16.8 Å². The maximum atomic E-state index is 12.6. The third-order valence-corrected chi connectivity index (χ3v) is 4.80. The molecule has 0 spiro atoms. The lowest BCUT2D eigenvalue weighted by Crippen LogP contribution is -2.38. The molecular weight excluding hydrogens is 396 g/mol. The molecule has 0 atom stereocenters. The van der Waals surface area contributed by atoms with Gasteiger partial charge in [-0.15, -0.1) is 0 Å². The summed E-state index contributed by atoms with van der Waals surface area (Å²) in [7, 11) is -0.479. The van der Waals surface area contributed by atoms with E-state index < -0.39 is 21.1 Å². The van der Waals surface area contributed by atoms with Crippen LogP contribution in [-0.2, 0) is 30.5 Å². The molecule has 0 unspecified atom stereocenters. The molecule has 2 aromatic heterocycles. The van der Waals surface area contributed by atoms with Crippen LogP contribution in [0, 0.1) is 11.8 Å². The highest BCUT2D eigenvalue weighted by Crippen LogP contribution is 2.12. The molecule has 0 aliphatic rings. The van der Waals surface area contributed by atoms with Crippen LogP contribution >= 0.6 is 0 Å². The molecule has 3 aromatic rings. The van der Waals surface area contributed by atoms with Gasteiger partial charge in [0.15, 0.2) is 21.0 Å². The van der Waals surface area contributed by atoms with Gasteiger partial charge in [-0.05, 0) is 24.3 Å². The number of imidazole rings is 1. The third kappa shape index (κ3) is 4.14. The predicted molar refractivity (Wildman–Crippen MR) is 109 cm³/mol. The van der Waals surface area contributed by atoms with Gasteiger partial charge in [-0.25, -0.2) is 18.2 Å². The Hall–Kier alpha value is -3.58. The van der Waals surface area contributed by atoms with Gasteiger partial charge in [-0.2, -0.15) is 0 Å². The molecule has 0 aliphatic heterocycles. The summed E-state index contributed by atoms with van der Waals surface area (Å²) in [5.41, 5.74) is -0.309. The number of benzene rings is 1. The fraction of sp³-hybridized carbons (Fsp3) is 0.211. The molecule has 3 rings (SSSR count). The minimum Gasteiger partial charge on any atom is -0.508 e. The Morgan fingerprint density at radius 2 is 1.93 bits per heavy atom. The van der Waals surface area contributed by atoms with Gasteiger partial charge in [0.25, 0.3) is 5.56 Å². The number of nitrogens with zero attached hydrogens (tertiary/aromatic N) is 4. The van der Waals surface area contributed by atoms with Crippen LogP contribution in [0.1, 0.15) is 11.4 Å². The first-order chi connectivity index (χ1) is 13.6. The highest BCUT2D eigenvalue weighted by Gasteiger charge is 2.17. The molecule has 9 nitrogen and oxygen atoms in total. The monoisotopic (exact) mass is 414 g/mol. The maximum Gasteiger partial charge on any atom is 0.333 e. The van der Waals surface area contributed by atoms with Crippen molar-refractivity contribution in [2.24, 2.45) is 14.1 Å². The van der Waals surface area contributed by atoms with Gasteiger partial charge >= 0.3 is 5.69 Å². The van der Waals surface area contributed by atoms with Gasteiger partial charge in [0, 0.05) is 31.3 Å². The highest BCUT2D eigenvalue weighted by atomic mass is 32.2. The lowest BCUT2D eigenvalue weighted by molar-refractivity contribution is 0.475. The summed E-state index contributed by atoms with van der Waals surface area (Å²) in [5, 5.41) is 10.5. The van der Waals surface area contributed by atoms with Crippen molar-refractivity contribution in [1.29, 1.82) is 0 Å². The number of aromatic hydroxyl groups is 1. The molecule has 0 bridgehead atoms. The molecule has 10 heteroatoms. The SMILES string of the molecule is Cn1c(=O)c2c(nc(/C=C/S(C)(=O)=O)n2C)n(CC#Cc2cccc(O)c2)c1=O. The van der Waals surface area contributed by atoms with Crippen LogP contribution in [0.2, 0.25) is 0 Å². The van der Waals surface area contributed by atoms with Crippen LogP contribution < -0.4 is 11.2 Å². The zero-order valence-electron chi connectivity index (χ0n) is 15.9. The number of sulfone groups is 1. The zero-order chi connectivity index (χ0) is 21.3. The zero-order valence-corrected chi connectivity index (χ0v) is 16.8. The van der Waals surface area contributed by atoms with E-state index in [-0.39, 0.29) is 29.3 Å². The Morgan fingerprint density at radius 3 is 2.59 bits per heavy atom. The van der Waals surface area contributed by atoms with E-state index in [1.165, 1.54) is 34.4 Å². The van der Waals surface area contributed by atoms with E-state index in [9.17, 15) is 23.1 Å². The summed E-state index contributed by atoms with van der Waals surface area (Å²) in [4.78, 5) is 29.4. The van der Waals surface area contributed by atoms with Crippen molar-refractivity contribution < 1.29 is 13.5 Å². The average molecular weight is 414 g/mol. The summed E-state index contributed by atoms with van der Waals surface area (Å²) >= 11 is 0. The molecule has 0 saturated heterocycles. The Bertz CT molecular complexity index is 1430. The van der Waals surface area contributed by atoms with E-state index in [1.807, 2.05) is 0 Å². The molecule has 0 saturated carbocycles. The highest BCUT2D eigenvalue weighted by molar-refractivity contribution is 7.93. The summed E-state index contributed by atoms with van der Waals surface area (Å²) in [5.74, 6) is 5.96. The van der Waals surface area contributed by atoms with Crippen LogP contribution in [0.3, 0.4) is 0 Å². The van der Waals surface area contributed by atoms with E-state index in [4.69, 9.17) is 0 Å². The molecule has 0 amide bonds. The smallest absolute Gasteiger partial charge is 0.333 e. The van der Waals surface area contributed by atoms with Crippen LogP contribution in [0.5, 0.6) is 5.75 Å². The number of aryl methyl sites for hydroxylation is 1. The Kier molecular flexibility index (Phi) is 5.18. The van der Waals surface area contributed by atoms with Gasteiger partial charge in [0.2, 0.25) is 0 Å². The summed E-state index contributed by atoms with van der Waals surface area (Å²) in [6.45, 7) is -0.0502. The summed E-state index contributed by atoms with van der Waals surface area (Å²) in [6, 6.07) is 6.36. The number of hydrogen-bond acceptors (Lipinski definition) is 6. The Balaban J connectivity index is 2.16. The molecule has 0 fully saturated rings. The molecular formula is C19H18N4O5S. The third-order valence-electron chi connectivity index (χ3n) is 4.17. The van der Waals surface area contributed by atoms with Crippen molar-refractivity contribution in [3.8, 4) is 17.6 Å².